The summed E-state index contributed by atoms with van der Waals surface area (Å²) in [5.41, 5.74) is 11.4. The summed E-state index contributed by atoms with van der Waals surface area (Å²) >= 11 is 0. The first kappa shape index (κ1) is 27.5. The van der Waals surface area contributed by atoms with E-state index in [2.05, 4.69) is 132 Å². The average Bonchev–Trinajstić information content (AvgIpc) is 3.72. The molecule has 0 fully saturated rings. The van der Waals surface area contributed by atoms with E-state index in [-0.39, 0.29) is 5.69 Å². The average molecular weight is 628 g/mol. The van der Waals surface area contributed by atoms with Crippen molar-refractivity contribution in [3.8, 4) is 33.6 Å². The van der Waals surface area contributed by atoms with Gasteiger partial charge in [0.15, 0.2) is 0 Å². The first-order valence-electron chi connectivity index (χ1n) is 16.6. The van der Waals surface area contributed by atoms with Crippen LogP contribution in [0, 0.1) is 0 Å². The van der Waals surface area contributed by atoms with E-state index in [9.17, 15) is 4.79 Å². The maximum absolute atomic E-state index is 14.5. The standard InChI is InChI=1S/C45H29N3O/c49-45-47(36-17-11-14-31(27-36)30-12-3-1-4-13-30)42-21-10-8-19-38(42)44-29-34-26-32(22-24-40(34)48(44)45)33-23-25-43-39(28-33)37-18-7-9-20-41(37)46(43)35-15-5-2-6-16-35/h1-29H. The molecule has 0 saturated heterocycles. The van der Waals surface area contributed by atoms with Gasteiger partial charge < -0.3 is 4.57 Å². The highest BCUT2D eigenvalue weighted by Gasteiger charge is 2.17. The lowest BCUT2D eigenvalue weighted by Crippen LogP contribution is -2.25. The molecule has 0 N–H and O–H groups in total. The summed E-state index contributed by atoms with van der Waals surface area (Å²) in [5, 5.41) is 4.50. The van der Waals surface area contributed by atoms with Crippen LogP contribution in [-0.4, -0.2) is 13.5 Å². The molecule has 0 aliphatic carbocycles. The van der Waals surface area contributed by atoms with Crippen LogP contribution in [0.15, 0.2) is 181 Å². The molecule has 7 aromatic carbocycles. The molecule has 4 heteroatoms. The molecule has 10 rings (SSSR count). The summed E-state index contributed by atoms with van der Waals surface area (Å²) in [6.45, 7) is 0. The van der Waals surface area contributed by atoms with Gasteiger partial charge in [-0.25, -0.2) is 4.79 Å². The maximum atomic E-state index is 14.5. The van der Waals surface area contributed by atoms with Crippen LogP contribution in [0.1, 0.15) is 0 Å². The van der Waals surface area contributed by atoms with Crippen LogP contribution in [0.4, 0.5) is 0 Å². The number of hydrogen-bond donors (Lipinski definition) is 0. The second kappa shape index (κ2) is 10.7. The molecule has 0 unspecified atom stereocenters. The van der Waals surface area contributed by atoms with Crippen molar-refractivity contribution < 1.29 is 0 Å². The number of aromatic nitrogens is 3. The van der Waals surface area contributed by atoms with Gasteiger partial charge in [0.25, 0.3) is 0 Å². The van der Waals surface area contributed by atoms with Gasteiger partial charge in [0.2, 0.25) is 0 Å². The summed E-state index contributed by atoms with van der Waals surface area (Å²) in [4.78, 5) is 14.5. The maximum Gasteiger partial charge on any atom is 0.338 e. The molecule has 10 aromatic rings. The van der Waals surface area contributed by atoms with Gasteiger partial charge in [0.1, 0.15) is 0 Å². The van der Waals surface area contributed by atoms with Crippen LogP contribution < -0.4 is 5.69 Å². The normalized spacial score (nSPS) is 11.8. The Hall–Kier alpha value is -6.65. The number of hydrogen-bond acceptors (Lipinski definition) is 1. The van der Waals surface area contributed by atoms with Crippen LogP contribution in [0.5, 0.6) is 0 Å². The van der Waals surface area contributed by atoms with Crippen LogP contribution in [0.2, 0.25) is 0 Å². The minimum absolute atomic E-state index is 0.0863. The van der Waals surface area contributed by atoms with Crippen LogP contribution in [-0.2, 0) is 0 Å². The van der Waals surface area contributed by atoms with Gasteiger partial charge in [-0.3, -0.25) is 8.97 Å². The van der Waals surface area contributed by atoms with E-state index in [1.165, 1.54) is 21.8 Å². The van der Waals surface area contributed by atoms with E-state index < -0.39 is 0 Å². The summed E-state index contributed by atoms with van der Waals surface area (Å²) < 4.78 is 6.05. The molecular formula is C45H29N3O. The van der Waals surface area contributed by atoms with Crippen LogP contribution >= 0.6 is 0 Å². The van der Waals surface area contributed by atoms with E-state index >= 15 is 0 Å². The van der Waals surface area contributed by atoms with E-state index in [4.69, 9.17) is 0 Å². The Bertz CT molecular complexity index is 2950. The predicted octanol–water partition coefficient (Wildman–Crippen LogP) is 10.8. The number of nitrogens with zero attached hydrogens (tertiary/aromatic N) is 3. The zero-order valence-corrected chi connectivity index (χ0v) is 26.5. The molecule has 0 amide bonds. The first-order chi connectivity index (χ1) is 24.2. The fourth-order valence-corrected chi connectivity index (χ4v) is 7.60. The number of benzene rings is 7. The van der Waals surface area contributed by atoms with Crippen molar-refractivity contribution in [2.45, 2.75) is 0 Å². The molecular weight excluding hydrogens is 599 g/mol. The van der Waals surface area contributed by atoms with Gasteiger partial charge in [0, 0.05) is 27.2 Å². The molecule has 0 radical (unpaired) electrons. The second-order valence-corrected chi connectivity index (χ2v) is 12.6. The Morgan fingerprint density at radius 1 is 0.327 bits per heavy atom. The van der Waals surface area contributed by atoms with E-state index in [1.807, 2.05) is 57.5 Å². The minimum atomic E-state index is -0.0863. The highest BCUT2D eigenvalue weighted by atomic mass is 16.1. The highest BCUT2D eigenvalue weighted by molar-refractivity contribution is 6.11. The number of rotatable bonds is 4. The predicted molar refractivity (Wildman–Crippen MR) is 203 cm³/mol. The molecule has 0 aliphatic rings. The Kier molecular flexibility index (Phi) is 5.99. The first-order valence-corrected chi connectivity index (χ1v) is 16.6. The molecule has 49 heavy (non-hydrogen) atoms. The van der Waals surface area contributed by atoms with Crippen molar-refractivity contribution in [1.29, 1.82) is 0 Å². The van der Waals surface area contributed by atoms with Crippen molar-refractivity contribution in [2.75, 3.05) is 0 Å². The largest absolute Gasteiger partial charge is 0.338 e. The fourth-order valence-electron chi connectivity index (χ4n) is 7.60. The third-order valence-corrected chi connectivity index (χ3v) is 9.84. The van der Waals surface area contributed by atoms with Gasteiger partial charge in [-0.15, -0.1) is 0 Å². The van der Waals surface area contributed by atoms with Gasteiger partial charge in [-0.05, 0) is 89.0 Å². The van der Waals surface area contributed by atoms with Crippen LogP contribution in [0.3, 0.4) is 0 Å². The highest BCUT2D eigenvalue weighted by Crippen LogP contribution is 2.36. The number of fused-ring (bicyclic) bond motifs is 8. The fraction of sp³-hybridized carbons (Fsp3) is 0. The van der Waals surface area contributed by atoms with Gasteiger partial charge in [-0.1, -0.05) is 109 Å². The topological polar surface area (TPSA) is 31.3 Å². The molecule has 4 nitrogen and oxygen atoms in total. The van der Waals surface area contributed by atoms with Crippen molar-refractivity contribution in [2.24, 2.45) is 0 Å². The lowest BCUT2D eigenvalue weighted by molar-refractivity contribution is 0.936. The zero-order chi connectivity index (χ0) is 32.5. The molecule has 0 saturated carbocycles. The minimum Gasteiger partial charge on any atom is -0.309 e. The smallest absolute Gasteiger partial charge is 0.309 e. The van der Waals surface area contributed by atoms with E-state index in [1.54, 1.807) is 0 Å². The lowest BCUT2D eigenvalue weighted by Gasteiger charge is -2.14. The Balaban J connectivity index is 1.16. The van der Waals surface area contributed by atoms with Crippen molar-refractivity contribution in [3.05, 3.63) is 186 Å². The molecule has 0 spiro atoms. The Labute approximate surface area is 282 Å². The van der Waals surface area contributed by atoms with E-state index in [0.29, 0.717) is 0 Å². The second-order valence-electron chi connectivity index (χ2n) is 12.6. The molecule has 0 atom stereocenters. The quantitative estimate of drug-likeness (QED) is 0.191. The summed E-state index contributed by atoms with van der Waals surface area (Å²) in [6, 6.07) is 61.2. The summed E-state index contributed by atoms with van der Waals surface area (Å²) in [5.74, 6) is 0. The third-order valence-electron chi connectivity index (χ3n) is 9.84. The van der Waals surface area contributed by atoms with Crippen molar-refractivity contribution in [1.82, 2.24) is 13.5 Å². The Morgan fingerprint density at radius 3 is 1.69 bits per heavy atom. The Morgan fingerprint density at radius 2 is 0.898 bits per heavy atom. The SMILES string of the molecule is O=c1n(-c2cccc(-c3ccccc3)c2)c2ccccc2c2cc3cc(-c4ccc5c(c4)c4ccccc4n5-c4ccccc4)ccc3n12. The van der Waals surface area contributed by atoms with Gasteiger partial charge in [0.05, 0.1) is 33.3 Å². The molecule has 0 aliphatic heterocycles. The number of para-hydroxylation sites is 3. The van der Waals surface area contributed by atoms with Crippen LogP contribution in [0.25, 0.3) is 82.8 Å². The summed E-state index contributed by atoms with van der Waals surface area (Å²) in [6.07, 6.45) is 0. The molecule has 3 aromatic heterocycles. The van der Waals surface area contributed by atoms with Crippen molar-refractivity contribution >= 4 is 49.1 Å². The van der Waals surface area contributed by atoms with E-state index in [0.717, 1.165) is 61.0 Å². The molecule has 230 valence electrons. The molecule has 3 heterocycles. The third kappa shape index (κ3) is 4.21. The monoisotopic (exact) mass is 627 g/mol. The zero-order valence-electron chi connectivity index (χ0n) is 26.5. The lowest BCUT2D eigenvalue weighted by atomic mass is 10.0. The van der Waals surface area contributed by atoms with Gasteiger partial charge in [-0.2, -0.15) is 0 Å². The molecule has 0 bridgehead atoms. The summed E-state index contributed by atoms with van der Waals surface area (Å²) in [7, 11) is 0. The van der Waals surface area contributed by atoms with Gasteiger partial charge >= 0.3 is 5.69 Å². The van der Waals surface area contributed by atoms with Crippen molar-refractivity contribution in [3.63, 3.8) is 0 Å².